The van der Waals surface area contributed by atoms with Crippen LogP contribution in [0.25, 0.3) is 0 Å². The number of hydrogen-bond donors (Lipinski definition) is 1. The van der Waals surface area contributed by atoms with E-state index in [4.69, 9.17) is 10.00 Å². The molecule has 2 aromatic rings. The number of benzene rings is 2. The zero-order valence-electron chi connectivity index (χ0n) is 16.7. The average molecular weight is 393 g/mol. The van der Waals surface area contributed by atoms with Gasteiger partial charge in [0, 0.05) is 24.8 Å². The highest BCUT2D eigenvalue weighted by Gasteiger charge is 2.19. The minimum atomic E-state index is -0.675. The van der Waals surface area contributed by atoms with Crippen LogP contribution < -0.4 is 10.2 Å². The first kappa shape index (κ1) is 21.6. The molecule has 29 heavy (non-hydrogen) atoms. The first-order chi connectivity index (χ1) is 13.8. The molecule has 0 atom stereocenters. The van der Waals surface area contributed by atoms with Crippen LogP contribution in [0.3, 0.4) is 0 Å². The molecule has 0 bridgehead atoms. The lowest BCUT2D eigenvalue weighted by atomic mass is 10.1. The molecule has 0 heterocycles. The van der Waals surface area contributed by atoms with Gasteiger partial charge in [0.15, 0.2) is 6.61 Å². The van der Waals surface area contributed by atoms with Gasteiger partial charge in [-0.3, -0.25) is 9.59 Å². The monoisotopic (exact) mass is 393 g/mol. The molecule has 0 unspecified atom stereocenters. The lowest BCUT2D eigenvalue weighted by Gasteiger charge is -2.22. The number of amides is 2. The summed E-state index contributed by atoms with van der Waals surface area (Å²) >= 11 is 0. The van der Waals surface area contributed by atoms with Crippen LogP contribution in [-0.2, 0) is 14.3 Å². The van der Waals surface area contributed by atoms with E-state index < -0.39 is 18.5 Å². The number of nitriles is 1. The van der Waals surface area contributed by atoms with Gasteiger partial charge >= 0.3 is 5.97 Å². The maximum Gasteiger partial charge on any atom is 0.338 e. The second-order valence-electron chi connectivity index (χ2n) is 6.64. The van der Waals surface area contributed by atoms with E-state index in [2.05, 4.69) is 5.32 Å². The zero-order chi connectivity index (χ0) is 21.4. The number of rotatable bonds is 7. The smallest absolute Gasteiger partial charge is 0.338 e. The fourth-order valence-corrected chi connectivity index (χ4v) is 2.88. The summed E-state index contributed by atoms with van der Waals surface area (Å²) in [7, 11) is 0. The van der Waals surface area contributed by atoms with Crippen molar-refractivity contribution in [2.45, 2.75) is 27.2 Å². The summed E-state index contributed by atoms with van der Waals surface area (Å²) in [5.74, 6) is -1.35. The summed E-state index contributed by atoms with van der Waals surface area (Å²) in [6, 6.07) is 14.0. The lowest BCUT2D eigenvalue weighted by Crippen LogP contribution is -2.35. The van der Waals surface area contributed by atoms with Crippen LogP contribution in [0.4, 0.5) is 11.4 Å². The summed E-state index contributed by atoms with van der Waals surface area (Å²) in [6.07, 6.45) is 0.158. The van der Waals surface area contributed by atoms with Gasteiger partial charge in [-0.25, -0.2) is 4.79 Å². The molecular formula is C22H23N3O4. The fourth-order valence-electron chi connectivity index (χ4n) is 2.88. The molecule has 0 spiro atoms. The normalized spacial score (nSPS) is 10.0. The molecule has 0 saturated carbocycles. The van der Waals surface area contributed by atoms with Gasteiger partial charge in [0.05, 0.1) is 18.1 Å². The highest BCUT2D eigenvalue weighted by Crippen LogP contribution is 2.20. The largest absolute Gasteiger partial charge is 0.452 e. The molecule has 1 N–H and O–H groups in total. The van der Waals surface area contributed by atoms with E-state index in [0.29, 0.717) is 11.4 Å². The number of nitrogens with one attached hydrogen (secondary N) is 1. The number of carbonyl (C=O) groups excluding carboxylic acids is 3. The molecule has 0 aliphatic carbocycles. The van der Waals surface area contributed by atoms with Gasteiger partial charge in [-0.1, -0.05) is 12.1 Å². The van der Waals surface area contributed by atoms with E-state index in [1.54, 1.807) is 12.1 Å². The molecule has 0 fully saturated rings. The minimum Gasteiger partial charge on any atom is -0.452 e. The molecule has 0 saturated heterocycles. The Hall–Kier alpha value is -3.66. The lowest BCUT2D eigenvalue weighted by molar-refractivity contribution is -0.121. The van der Waals surface area contributed by atoms with Crippen LogP contribution in [0.2, 0.25) is 0 Å². The quantitative estimate of drug-likeness (QED) is 0.727. The predicted molar refractivity (Wildman–Crippen MR) is 110 cm³/mol. The fraction of sp³-hybridized carbons (Fsp3) is 0.273. The van der Waals surface area contributed by atoms with Gasteiger partial charge in [-0.2, -0.15) is 5.26 Å². The van der Waals surface area contributed by atoms with Crippen molar-refractivity contribution in [3.05, 3.63) is 59.2 Å². The molecule has 2 rings (SSSR count). The Morgan fingerprint density at radius 1 is 1.10 bits per heavy atom. The first-order valence-corrected chi connectivity index (χ1v) is 9.10. The van der Waals surface area contributed by atoms with Gasteiger partial charge in [0.1, 0.15) is 0 Å². The van der Waals surface area contributed by atoms with E-state index in [1.165, 1.54) is 24.0 Å². The molecule has 2 aromatic carbocycles. The van der Waals surface area contributed by atoms with E-state index in [9.17, 15) is 14.4 Å². The summed E-state index contributed by atoms with van der Waals surface area (Å²) < 4.78 is 5.17. The predicted octanol–water partition coefficient (Wildman–Crippen LogP) is 3.37. The Morgan fingerprint density at radius 2 is 1.79 bits per heavy atom. The van der Waals surface area contributed by atoms with Gasteiger partial charge in [0.25, 0.3) is 5.91 Å². The topological polar surface area (TPSA) is 99.5 Å². The van der Waals surface area contributed by atoms with Crippen molar-refractivity contribution in [3.63, 3.8) is 0 Å². The standard InChI is InChI=1S/C22H23N3O4/c1-15-10-16(2)12-20(11-15)25(9-5-8-23)21(27)14-29-22(28)18-6-4-7-19(13-18)24-17(3)26/h4,6-7,10-13H,5,9,14H2,1-3H3,(H,24,26). The van der Waals surface area contributed by atoms with E-state index in [-0.39, 0.29) is 24.4 Å². The number of hydrogen-bond acceptors (Lipinski definition) is 5. The highest BCUT2D eigenvalue weighted by atomic mass is 16.5. The van der Waals surface area contributed by atoms with Gasteiger partial charge in [0.2, 0.25) is 5.91 Å². The van der Waals surface area contributed by atoms with Crippen molar-refractivity contribution in [1.82, 2.24) is 0 Å². The third kappa shape index (κ3) is 6.47. The highest BCUT2D eigenvalue weighted by molar-refractivity contribution is 5.98. The van der Waals surface area contributed by atoms with E-state index in [1.807, 2.05) is 38.1 Å². The number of anilines is 2. The second kappa shape index (κ2) is 10.0. The Morgan fingerprint density at radius 3 is 2.41 bits per heavy atom. The van der Waals surface area contributed by atoms with Crippen LogP contribution in [0.15, 0.2) is 42.5 Å². The maximum absolute atomic E-state index is 12.7. The van der Waals surface area contributed by atoms with Gasteiger partial charge < -0.3 is 15.0 Å². The van der Waals surface area contributed by atoms with Crippen molar-refractivity contribution in [2.75, 3.05) is 23.4 Å². The van der Waals surface area contributed by atoms with Crippen LogP contribution in [0, 0.1) is 25.2 Å². The molecule has 7 heteroatoms. The number of carbonyl (C=O) groups is 3. The summed E-state index contributed by atoms with van der Waals surface area (Å²) in [5.41, 5.74) is 3.32. The SMILES string of the molecule is CC(=O)Nc1cccc(C(=O)OCC(=O)N(CCC#N)c2cc(C)cc(C)c2)c1. The molecule has 0 aromatic heterocycles. The molecule has 0 aliphatic heterocycles. The molecule has 0 radical (unpaired) electrons. The van der Waals surface area contributed by atoms with Gasteiger partial charge in [-0.15, -0.1) is 0 Å². The Kier molecular flexibility index (Phi) is 7.49. The third-order valence-corrected chi connectivity index (χ3v) is 4.01. The summed E-state index contributed by atoms with van der Waals surface area (Å²) in [5, 5.41) is 11.5. The number of esters is 1. The first-order valence-electron chi connectivity index (χ1n) is 9.10. The number of ether oxygens (including phenoxy) is 1. The molecule has 2 amide bonds. The Bertz CT molecular complexity index is 943. The number of nitrogens with zero attached hydrogens (tertiary/aromatic N) is 2. The molecule has 7 nitrogen and oxygen atoms in total. The minimum absolute atomic E-state index is 0.158. The Balaban J connectivity index is 2.10. The second-order valence-corrected chi connectivity index (χ2v) is 6.64. The van der Waals surface area contributed by atoms with Crippen molar-refractivity contribution >= 4 is 29.2 Å². The number of aryl methyl sites for hydroxylation is 2. The van der Waals surface area contributed by atoms with E-state index >= 15 is 0 Å². The van der Waals surface area contributed by atoms with Crippen molar-refractivity contribution in [2.24, 2.45) is 0 Å². The Labute approximate surface area is 169 Å². The third-order valence-electron chi connectivity index (χ3n) is 4.01. The molecule has 150 valence electrons. The van der Waals surface area contributed by atoms with Crippen molar-refractivity contribution in [3.8, 4) is 6.07 Å². The zero-order valence-corrected chi connectivity index (χ0v) is 16.7. The maximum atomic E-state index is 12.7. The summed E-state index contributed by atoms with van der Waals surface area (Å²) in [6.45, 7) is 4.96. The average Bonchev–Trinajstić information content (AvgIpc) is 2.65. The van der Waals surface area contributed by atoms with Crippen LogP contribution in [0.1, 0.15) is 34.8 Å². The van der Waals surface area contributed by atoms with Crippen molar-refractivity contribution < 1.29 is 19.1 Å². The summed E-state index contributed by atoms with van der Waals surface area (Å²) in [4.78, 5) is 37.6. The van der Waals surface area contributed by atoms with Crippen LogP contribution in [-0.4, -0.2) is 30.9 Å². The van der Waals surface area contributed by atoms with Gasteiger partial charge in [-0.05, 0) is 55.3 Å². The van der Waals surface area contributed by atoms with E-state index in [0.717, 1.165) is 11.1 Å². The van der Waals surface area contributed by atoms with Crippen LogP contribution >= 0.6 is 0 Å². The van der Waals surface area contributed by atoms with Crippen LogP contribution in [0.5, 0.6) is 0 Å². The molecule has 0 aliphatic rings. The van der Waals surface area contributed by atoms with Crippen molar-refractivity contribution in [1.29, 1.82) is 5.26 Å². The molecular weight excluding hydrogens is 370 g/mol.